The second kappa shape index (κ2) is 7.92. The van der Waals surface area contributed by atoms with Gasteiger partial charge in [-0.1, -0.05) is 60.1 Å². The third-order valence-electron chi connectivity index (χ3n) is 5.45. The third-order valence-corrected chi connectivity index (χ3v) is 5.68. The zero-order valence-electron chi connectivity index (χ0n) is 16.2. The molecule has 0 radical (unpaired) electrons. The molecule has 1 N–H and O–H groups in total. The number of benzene rings is 3. The van der Waals surface area contributed by atoms with Crippen molar-refractivity contribution >= 4 is 23.2 Å². The molecule has 4 rings (SSSR count). The number of aliphatic hydroxyl groups is 1. The Bertz CT molecular complexity index is 1140. The molecular weight excluding hydrogens is 400 g/mol. The largest absolute Gasteiger partial charge is 0.377 e. The summed E-state index contributed by atoms with van der Waals surface area (Å²) in [5.41, 5.74) is 1.01. The van der Waals surface area contributed by atoms with Crippen LogP contribution in [0, 0.1) is 11.3 Å². The van der Waals surface area contributed by atoms with Crippen LogP contribution >= 0.6 is 11.6 Å². The molecule has 0 aromatic heterocycles. The molecule has 1 amide bonds. The fourth-order valence-electron chi connectivity index (χ4n) is 4.00. The molecule has 0 saturated heterocycles. The van der Waals surface area contributed by atoms with Gasteiger partial charge >= 0.3 is 0 Å². The summed E-state index contributed by atoms with van der Waals surface area (Å²) in [4.78, 5) is 15.1. The number of carbonyl (C=O) groups excluding carboxylic acids is 1. The monoisotopic (exact) mass is 418 g/mol. The van der Waals surface area contributed by atoms with Gasteiger partial charge in [-0.05, 0) is 35.4 Å². The minimum Gasteiger partial charge on any atom is -0.377 e. The first-order valence-electron chi connectivity index (χ1n) is 9.40. The van der Waals surface area contributed by atoms with Gasteiger partial charge in [0.25, 0.3) is 5.91 Å². The van der Waals surface area contributed by atoms with Crippen molar-refractivity contribution in [2.75, 3.05) is 12.0 Å². The van der Waals surface area contributed by atoms with Gasteiger partial charge in [-0.15, -0.1) is 0 Å². The Morgan fingerprint density at radius 3 is 2.53 bits per heavy atom. The molecule has 6 heteroatoms. The normalized spacial score (nSPS) is 20.5. The van der Waals surface area contributed by atoms with Crippen molar-refractivity contribution in [3.63, 3.8) is 0 Å². The topological polar surface area (TPSA) is 73.6 Å². The van der Waals surface area contributed by atoms with Gasteiger partial charge in [-0.2, -0.15) is 5.26 Å². The van der Waals surface area contributed by atoms with Crippen molar-refractivity contribution in [1.82, 2.24) is 0 Å². The number of anilines is 1. The van der Waals surface area contributed by atoms with E-state index >= 15 is 0 Å². The summed E-state index contributed by atoms with van der Waals surface area (Å²) in [6.07, 6.45) is -1.18. The number of nitriles is 1. The molecule has 0 fully saturated rings. The molecular formula is C24H19ClN2O3. The number of hydrogen-bond donors (Lipinski definition) is 1. The molecule has 3 aromatic rings. The Labute approximate surface area is 179 Å². The summed E-state index contributed by atoms with van der Waals surface area (Å²) in [6, 6.07) is 23.3. The molecule has 5 nitrogen and oxygen atoms in total. The van der Waals surface area contributed by atoms with Crippen molar-refractivity contribution in [2.24, 2.45) is 0 Å². The van der Waals surface area contributed by atoms with Crippen molar-refractivity contribution in [3.8, 4) is 6.07 Å². The first-order chi connectivity index (χ1) is 14.5. The van der Waals surface area contributed by atoms with Crippen LogP contribution in [0.1, 0.15) is 22.3 Å². The van der Waals surface area contributed by atoms with Crippen molar-refractivity contribution in [1.29, 1.82) is 5.26 Å². The first-order valence-corrected chi connectivity index (χ1v) is 9.78. The molecule has 0 saturated carbocycles. The molecule has 1 aliphatic heterocycles. The van der Waals surface area contributed by atoms with Crippen LogP contribution in [-0.2, 0) is 21.7 Å². The van der Waals surface area contributed by atoms with E-state index in [0.717, 1.165) is 0 Å². The highest BCUT2D eigenvalue weighted by Crippen LogP contribution is 2.46. The predicted octanol–water partition coefficient (Wildman–Crippen LogP) is 4.01. The summed E-state index contributed by atoms with van der Waals surface area (Å²) in [5, 5.41) is 21.7. The Morgan fingerprint density at radius 1 is 1.13 bits per heavy atom. The lowest BCUT2D eigenvalue weighted by molar-refractivity contribution is -0.145. The fourth-order valence-corrected chi connectivity index (χ4v) is 4.17. The van der Waals surface area contributed by atoms with Crippen LogP contribution in [0.25, 0.3) is 0 Å². The van der Waals surface area contributed by atoms with Crippen LogP contribution in [0.5, 0.6) is 0 Å². The lowest BCUT2D eigenvalue weighted by atomic mass is 9.77. The number of methoxy groups -OCH3 is 1. The van der Waals surface area contributed by atoms with E-state index in [-0.39, 0.29) is 6.54 Å². The Kier molecular flexibility index (Phi) is 5.31. The maximum Gasteiger partial charge on any atom is 0.260 e. The number of carbonyl (C=O) groups is 1. The zero-order valence-corrected chi connectivity index (χ0v) is 17.0. The molecule has 0 bridgehead atoms. The summed E-state index contributed by atoms with van der Waals surface area (Å²) in [5.74, 6) is -0.397. The highest BCUT2D eigenvalue weighted by molar-refractivity contribution is 6.30. The van der Waals surface area contributed by atoms with Gasteiger partial charge in [0.15, 0.2) is 11.7 Å². The molecule has 1 heterocycles. The van der Waals surface area contributed by atoms with E-state index in [2.05, 4.69) is 6.07 Å². The lowest BCUT2D eigenvalue weighted by Gasteiger charge is -2.44. The van der Waals surface area contributed by atoms with Crippen LogP contribution in [0.4, 0.5) is 5.69 Å². The average Bonchev–Trinajstić information content (AvgIpc) is 2.78. The number of hydrogen-bond acceptors (Lipinski definition) is 4. The number of nitrogens with zero attached hydrogens (tertiary/aromatic N) is 2. The minimum atomic E-state index is -1.71. The highest BCUT2D eigenvalue weighted by Gasteiger charge is 2.52. The molecule has 0 spiro atoms. The molecule has 150 valence electrons. The standard InChI is InChI=1S/C24H19ClN2O3/c1-30-22-23(28)27(15-17-8-6-5-7-16(17)14-26)21-12-11-19(25)13-20(21)24(22,29)18-9-3-2-4-10-18/h2-13,22,29H,15H2,1H3. The quantitative estimate of drug-likeness (QED) is 0.694. The van der Waals surface area contributed by atoms with Crippen LogP contribution in [0.2, 0.25) is 5.02 Å². The number of halogens is 1. The molecule has 2 unspecified atom stereocenters. The van der Waals surface area contributed by atoms with E-state index in [9.17, 15) is 15.2 Å². The van der Waals surface area contributed by atoms with Gasteiger partial charge < -0.3 is 14.7 Å². The van der Waals surface area contributed by atoms with Crippen molar-refractivity contribution < 1.29 is 14.6 Å². The van der Waals surface area contributed by atoms with E-state index in [0.29, 0.717) is 33.0 Å². The predicted molar refractivity (Wildman–Crippen MR) is 114 cm³/mol. The summed E-state index contributed by atoms with van der Waals surface area (Å²) >= 11 is 6.28. The fraction of sp³-hybridized carbons (Fsp3) is 0.167. The number of rotatable bonds is 4. The maximum atomic E-state index is 13.5. The van der Waals surface area contributed by atoms with Gasteiger partial charge in [0.2, 0.25) is 0 Å². The van der Waals surface area contributed by atoms with Crippen molar-refractivity contribution in [2.45, 2.75) is 18.2 Å². The first kappa shape index (κ1) is 20.1. The van der Waals surface area contributed by atoms with E-state index in [4.69, 9.17) is 16.3 Å². The number of amides is 1. The smallest absolute Gasteiger partial charge is 0.260 e. The van der Waals surface area contributed by atoms with Crippen LogP contribution < -0.4 is 4.90 Å². The van der Waals surface area contributed by atoms with Gasteiger partial charge in [0.05, 0.1) is 23.9 Å². The molecule has 1 aliphatic rings. The third kappa shape index (κ3) is 3.16. The Balaban J connectivity index is 1.92. The lowest BCUT2D eigenvalue weighted by Crippen LogP contribution is -2.57. The van der Waals surface area contributed by atoms with E-state index < -0.39 is 17.6 Å². The van der Waals surface area contributed by atoms with Crippen LogP contribution in [0.3, 0.4) is 0 Å². The highest BCUT2D eigenvalue weighted by atomic mass is 35.5. The van der Waals surface area contributed by atoms with Gasteiger partial charge in [0.1, 0.15) is 0 Å². The summed E-state index contributed by atoms with van der Waals surface area (Å²) in [6.45, 7) is 0.169. The summed E-state index contributed by atoms with van der Waals surface area (Å²) < 4.78 is 5.55. The molecule has 30 heavy (non-hydrogen) atoms. The Hall–Kier alpha value is -3.17. The van der Waals surface area contributed by atoms with Gasteiger partial charge in [-0.25, -0.2) is 0 Å². The number of fused-ring (bicyclic) bond motifs is 1. The SMILES string of the molecule is COC1C(=O)N(Cc2ccccc2C#N)c2ccc(Cl)cc2C1(O)c1ccccc1. The average molecular weight is 419 g/mol. The van der Waals surface area contributed by atoms with Crippen LogP contribution in [-0.4, -0.2) is 24.2 Å². The minimum absolute atomic E-state index is 0.169. The van der Waals surface area contributed by atoms with Gasteiger partial charge in [-0.3, -0.25) is 4.79 Å². The Morgan fingerprint density at radius 2 is 1.83 bits per heavy atom. The van der Waals surface area contributed by atoms with Crippen molar-refractivity contribution in [3.05, 3.63) is 100 Å². The molecule has 2 atom stereocenters. The van der Waals surface area contributed by atoms with E-state index in [1.165, 1.54) is 12.0 Å². The van der Waals surface area contributed by atoms with E-state index in [1.54, 1.807) is 60.7 Å². The van der Waals surface area contributed by atoms with E-state index in [1.807, 2.05) is 12.1 Å². The second-order valence-electron chi connectivity index (χ2n) is 7.10. The van der Waals surface area contributed by atoms with Gasteiger partial charge in [0, 0.05) is 17.7 Å². The maximum absolute atomic E-state index is 13.5. The molecule has 3 aromatic carbocycles. The molecule has 0 aliphatic carbocycles. The zero-order chi connectivity index (χ0) is 21.3. The van der Waals surface area contributed by atoms with Crippen LogP contribution in [0.15, 0.2) is 72.8 Å². The second-order valence-corrected chi connectivity index (χ2v) is 7.54. The number of ether oxygens (including phenoxy) is 1. The summed E-state index contributed by atoms with van der Waals surface area (Å²) in [7, 11) is 1.40.